The Morgan fingerprint density at radius 1 is 0.976 bits per heavy atom. The highest BCUT2D eigenvalue weighted by Crippen LogP contribution is 2.55. The largest absolute Gasteiger partial charge is 0.492 e. The zero-order chi connectivity index (χ0) is 61.5. The molecule has 1 aliphatic carbocycles. The van der Waals surface area contributed by atoms with E-state index < -0.39 is 83.2 Å². The molecular weight excluding hydrogens is 1140 g/mol. The number of methoxy groups -OCH3 is 3. The lowest BCUT2D eigenvalue weighted by Gasteiger charge is -2.43. The van der Waals surface area contributed by atoms with Crippen LogP contribution in [0.5, 0.6) is 28.7 Å². The van der Waals surface area contributed by atoms with Crippen molar-refractivity contribution >= 4 is 61.7 Å². The lowest BCUT2D eigenvalue weighted by molar-refractivity contribution is -0.177. The van der Waals surface area contributed by atoms with E-state index in [1.54, 1.807) is 36.4 Å². The lowest BCUT2D eigenvalue weighted by atomic mass is 9.92. The highest BCUT2D eigenvalue weighted by atomic mass is 35.5. The number of pyridine rings is 1. The molecule has 0 saturated carbocycles. The molecule has 9 rings (SSSR count). The molecule has 4 heterocycles. The molecule has 1 fully saturated rings. The summed E-state index contributed by atoms with van der Waals surface area (Å²) in [7, 11) is -0.856. The molecule has 1 N–H and O–H groups in total. The van der Waals surface area contributed by atoms with E-state index in [1.165, 1.54) is 21.3 Å². The minimum atomic E-state index is -2.73. The molecule has 1 saturated heterocycles. The van der Waals surface area contributed by atoms with Crippen molar-refractivity contribution in [2.75, 3.05) is 47.9 Å². The molecule has 3 aliphatic heterocycles. The third kappa shape index (κ3) is 13.9. The third-order valence-corrected chi connectivity index (χ3v) is 25.9. The number of benzene rings is 4. The average Bonchev–Trinajstić information content (AvgIpc) is 1.55. The first-order valence-electron chi connectivity index (χ1n) is 28.9. The fourth-order valence-corrected chi connectivity index (χ4v) is 15.1. The van der Waals surface area contributed by atoms with Gasteiger partial charge in [-0.3, -0.25) is 9.59 Å². The van der Waals surface area contributed by atoms with Crippen molar-refractivity contribution in [3.05, 3.63) is 119 Å². The van der Waals surface area contributed by atoms with Gasteiger partial charge in [0.25, 0.3) is 5.91 Å². The summed E-state index contributed by atoms with van der Waals surface area (Å²) in [4.78, 5) is 34.7. The molecule has 454 valence electrons. The molecule has 7 atom stereocenters. The first-order chi connectivity index (χ1) is 40.6. The molecule has 4 bridgehead atoms. The average molecular weight is 1220 g/mol. The van der Waals surface area contributed by atoms with Crippen LogP contribution in [0, 0.1) is 24.2 Å². The van der Waals surface area contributed by atoms with Gasteiger partial charge in [0.2, 0.25) is 5.75 Å². The number of carbonyl (C=O) groups excluding carboxylic acids is 2. The summed E-state index contributed by atoms with van der Waals surface area (Å²) < 4.78 is 77.9. The highest BCUT2D eigenvalue weighted by Gasteiger charge is 2.70. The van der Waals surface area contributed by atoms with Gasteiger partial charge in [-0.25, -0.2) is 4.98 Å². The number of rotatable bonds is 23. The second-order valence-corrected chi connectivity index (χ2v) is 33.2. The number of nitrogens with zero attached hydrogens (tertiary/aromatic N) is 1. The van der Waals surface area contributed by atoms with Crippen molar-refractivity contribution in [2.24, 2.45) is 0 Å². The zero-order valence-electron chi connectivity index (χ0n) is 51.2. The number of terminal acetylenes is 1. The maximum Gasteiger partial charge on any atom is 0.308 e. The van der Waals surface area contributed by atoms with E-state index in [0.29, 0.717) is 33.6 Å². The Balaban J connectivity index is 1.29. The summed E-state index contributed by atoms with van der Waals surface area (Å²) in [5, 5.41) is 6.06. The summed E-state index contributed by atoms with van der Waals surface area (Å²) >= 11 is 7.16. The molecular formula is C66H81ClN2O14Si2. The predicted octanol–water partition coefficient (Wildman–Crippen LogP) is 12.6. The molecule has 4 aliphatic rings. The SMILES string of the molecule is C#C[C@@H]1O[C@]12C1=C[C@H](Oc3ccc(nc3Cl)[C@H](NC(=O)c3cc4c(OC)c(OC)c(OC(C)C)cc4cc3OCC=C)CC(=O)OC[C@@H](OCOC)[C@](COCc3ccc4ccccc4c3)(O[Si](CC)(CC)CC)C#C1)[C@@H]2O[Si](C)(C)C(C)(C)C. The van der Waals surface area contributed by atoms with E-state index in [-0.39, 0.29) is 65.7 Å². The van der Waals surface area contributed by atoms with Crippen LogP contribution in [0.15, 0.2) is 97.1 Å². The van der Waals surface area contributed by atoms with Crippen LogP contribution in [0.4, 0.5) is 0 Å². The quantitative estimate of drug-likeness (QED) is 0.0124. The Kier molecular flexibility index (Phi) is 20.6. The number of ether oxygens (including phenoxy) is 10. The number of nitrogens with one attached hydrogen (secondary N) is 1. The van der Waals surface area contributed by atoms with Crippen LogP contribution < -0.4 is 29.0 Å². The number of carbonyl (C=O) groups is 2. The van der Waals surface area contributed by atoms with Gasteiger partial charge >= 0.3 is 5.97 Å². The predicted molar refractivity (Wildman–Crippen MR) is 334 cm³/mol. The van der Waals surface area contributed by atoms with Crippen LogP contribution in [-0.4, -0.2) is 123 Å². The van der Waals surface area contributed by atoms with Gasteiger partial charge in [0.1, 0.15) is 44.1 Å². The van der Waals surface area contributed by atoms with E-state index in [9.17, 15) is 4.79 Å². The lowest BCUT2D eigenvalue weighted by Crippen LogP contribution is -2.58. The first kappa shape index (κ1) is 64.6. The van der Waals surface area contributed by atoms with Crippen molar-refractivity contribution in [3.63, 3.8) is 0 Å². The van der Waals surface area contributed by atoms with Crippen molar-refractivity contribution in [3.8, 4) is 52.9 Å². The number of halogens is 1. The molecule has 16 nitrogen and oxygen atoms in total. The second kappa shape index (κ2) is 27.1. The van der Waals surface area contributed by atoms with Gasteiger partial charge in [0.05, 0.1) is 57.3 Å². The van der Waals surface area contributed by atoms with Crippen LogP contribution in [-0.2, 0) is 43.9 Å². The fourth-order valence-electron chi connectivity index (χ4n) is 10.6. The maximum atomic E-state index is 15.1. The van der Waals surface area contributed by atoms with Gasteiger partial charge in [-0.15, -0.1) is 6.42 Å². The van der Waals surface area contributed by atoms with E-state index in [0.717, 1.165) is 34.5 Å². The van der Waals surface area contributed by atoms with Gasteiger partial charge < -0.3 is 61.5 Å². The van der Waals surface area contributed by atoms with Gasteiger partial charge in [-0.1, -0.05) is 120 Å². The third-order valence-electron chi connectivity index (χ3n) is 16.6. The maximum absolute atomic E-state index is 15.1. The van der Waals surface area contributed by atoms with Gasteiger partial charge in [-0.2, -0.15) is 0 Å². The fraction of sp³-hybridized carbons (Fsp3) is 0.470. The molecule has 0 radical (unpaired) electrons. The smallest absolute Gasteiger partial charge is 0.308 e. The Bertz CT molecular complexity index is 3390. The van der Waals surface area contributed by atoms with E-state index >= 15 is 4.79 Å². The molecule has 1 amide bonds. The van der Waals surface area contributed by atoms with E-state index in [1.807, 2.05) is 38.1 Å². The summed E-state index contributed by atoms with van der Waals surface area (Å²) in [5.74, 6) is 10.1. The molecule has 1 spiro atoms. The summed E-state index contributed by atoms with van der Waals surface area (Å²) in [6.07, 6.45) is 5.56. The first-order valence-corrected chi connectivity index (χ1v) is 34.8. The van der Waals surface area contributed by atoms with Crippen LogP contribution in [0.2, 0.25) is 41.4 Å². The second-order valence-electron chi connectivity index (χ2n) is 23.4. The standard InChI is InChI=1S/C66H81ClN2O14Si2/c1-16-31-76-53-33-46-34-54(79-42(6)7)60(74-13)59(73-12)48(46)36-49(53)63(71)69-51-37-58(70)77-39-57(78-41-72-11)65(83-85(18-3,19-4)20-5,40-75-38-43-25-26-44-23-21-22-24-45(44)32-43)30-29-47-35-55(80-52-28-27-50(51)68-62(52)67)61(66(47)56(17-2)81-66)82-84(14,15)64(8,9)10/h2,16,21-28,32-36,42,51,55-57,61H,1,18-20,31,37-41H2,3-15H3,(H,69,71)/t51-,55+,56+,57-,61+,65+,66-/m1/s1. The summed E-state index contributed by atoms with van der Waals surface area (Å²) in [6, 6.07) is 23.7. The minimum Gasteiger partial charge on any atom is -0.492 e. The van der Waals surface area contributed by atoms with E-state index in [4.69, 9.17) is 79.2 Å². The Labute approximate surface area is 507 Å². The van der Waals surface area contributed by atoms with Crippen LogP contribution >= 0.6 is 11.6 Å². The number of fused-ring (bicyclic) bond motifs is 11. The Morgan fingerprint density at radius 2 is 1.69 bits per heavy atom. The molecule has 0 unspecified atom stereocenters. The molecule has 19 heteroatoms. The van der Waals surface area contributed by atoms with E-state index in [2.05, 4.69) is 109 Å². The van der Waals surface area contributed by atoms with Crippen molar-refractivity contribution in [2.45, 2.75) is 152 Å². The number of amides is 1. The number of hydrogen-bond donors (Lipinski definition) is 1. The highest BCUT2D eigenvalue weighted by molar-refractivity contribution is 6.74. The Hall–Kier alpha value is -6.43. The van der Waals surface area contributed by atoms with Crippen LogP contribution in [0.3, 0.4) is 0 Å². The van der Waals surface area contributed by atoms with Crippen LogP contribution in [0.1, 0.15) is 89.5 Å². The normalized spacial score (nSPS) is 22.4. The van der Waals surface area contributed by atoms with Crippen molar-refractivity contribution in [1.29, 1.82) is 0 Å². The van der Waals surface area contributed by atoms with Crippen molar-refractivity contribution < 1.29 is 65.8 Å². The molecule has 4 aromatic carbocycles. The number of aromatic nitrogens is 1. The summed E-state index contributed by atoms with van der Waals surface area (Å²) in [5.41, 5.74) is -1.15. The Morgan fingerprint density at radius 3 is 2.33 bits per heavy atom. The zero-order valence-corrected chi connectivity index (χ0v) is 54.0. The number of esters is 1. The monoisotopic (exact) mass is 1220 g/mol. The number of epoxide rings is 1. The summed E-state index contributed by atoms with van der Waals surface area (Å²) in [6.45, 7) is 24.2. The molecule has 85 heavy (non-hydrogen) atoms. The topological polar surface area (TPSA) is 173 Å². The minimum absolute atomic E-state index is 0.0614. The van der Waals surface area contributed by atoms with Gasteiger partial charge in [0, 0.05) is 18.1 Å². The van der Waals surface area contributed by atoms with Gasteiger partial charge in [0.15, 0.2) is 56.3 Å². The van der Waals surface area contributed by atoms with Gasteiger partial charge in [-0.05, 0) is 114 Å². The number of hydrogen-bond acceptors (Lipinski definition) is 15. The van der Waals surface area contributed by atoms with Crippen molar-refractivity contribution in [1.82, 2.24) is 10.3 Å². The van der Waals surface area contributed by atoms with Crippen LogP contribution in [0.25, 0.3) is 21.5 Å². The molecule has 5 aromatic rings. The molecule has 1 aromatic heterocycles.